The van der Waals surface area contributed by atoms with Crippen molar-refractivity contribution in [3.05, 3.63) is 22.8 Å². The Labute approximate surface area is 175 Å². The SMILES string of the molecule is COCOc1c(OCCCBr)cc2sc(C(=O)C[C@H](C)C(=O)OC)cc2c1F. The summed E-state index contributed by atoms with van der Waals surface area (Å²) in [4.78, 5) is 24.4. The third kappa shape index (κ3) is 5.42. The molecular formula is C19H22BrFO6S. The largest absolute Gasteiger partial charge is 0.489 e. The highest BCUT2D eigenvalue weighted by Crippen LogP contribution is 2.40. The molecular weight excluding hydrogens is 455 g/mol. The van der Waals surface area contributed by atoms with Crippen LogP contribution in [0.2, 0.25) is 0 Å². The van der Waals surface area contributed by atoms with E-state index in [2.05, 4.69) is 20.7 Å². The molecule has 0 bridgehead atoms. The molecule has 0 amide bonds. The molecule has 1 atom stereocenters. The van der Waals surface area contributed by atoms with Gasteiger partial charge >= 0.3 is 5.97 Å². The standard InChI is InChI=1S/C19H22BrFO6S/c1-11(19(23)25-3)7-13(22)16-8-12-15(28-16)9-14(26-6-4-5-20)18(17(12)21)27-10-24-2/h8-9,11H,4-7,10H2,1-3H3/t11-/m0/s1. The number of alkyl halides is 1. The molecule has 0 saturated heterocycles. The predicted octanol–water partition coefficient (Wildman–Crippen LogP) is 4.57. The molecule has 0 spiro atoms. The first-order chi connectivity index (χ1) is 13.4. The van der Waals surface area contributed by atoms with Crippen molar-refractivity contribution in [2.75, 3.05) is 32.9 Å². The number of hydrogen-bond donors (Lipinski definition) is 0. The van der Waals surface area contributed by atoms with E-state index in [1.807, 2.05) is 0 Å². The number of Topliss-reactive ketones (excluding diaryl/α,β-unsaturated/α-hetero) is 1. The summed E-state index contributed by atoms with van der Waals surface area (Å²) in [6, 6.07) is 3.13. The second-order valence-electron chi connectivity index (χ2n) is 6.03. The quantitative estimate of drug-likeness (QED) is 0.155. The summed E-state index contributed by atoms with van der Waals surface area (Å²) >= 11 is 4.47. The Morgan fingerprint density at radius 1 is 1.25 bits per heavy atom. The number of methoxy groups -OCH3 is 2. The molecule has 0 aliphatic heterocycles. The smallest absolute Gasteiger partial charge is 0.308 e. The second-order valence-corrected chi connectivity index (χ2v) is 7.91. The summed E-state index contributed by atoms with van der Waals surface area (Å²) < 4.78 is 36.1. The van der Waals surface area contributed by atoms with Crippen LogP contribution < -0.4 is 9.47 Å². The molecule has 1 aromatic carbocycles. The number of thiophene rings is 1. The van der Waals surface area contributed by atoms with Gasteiger partial charge in [-0.2, -0.15) is 0 Å². The summed E-state index contributed by atoms with van der Waals surface area (Å²) in [5, 5.41) is 1.01. The molecule has 154 valence electrons. The lowest BCUT2D eigenvalue weighted by molar-refractivity contribution is -0.144. The monoisotopic (exact) mass is 476 g/mol. The zero-order chi connectivity index (χ0) is 20.7. The van der Waals surface area contributed by atoms with Crippen molar-refractivity contribution < 1.29 is 32.9 Å². The van der Waals surface area contributed by atoms with Crippen molar-refractivity contribution in [2.45, 2.75) is 19.8 Å². The van der Waals surface area contributed by atoms with Gasteiger partial charge in [0.1, 0.15) is 0 Å². The van der Waals surface area contributed by atoms with Gasteiger partial charge in [-0.25, -0.2) is 4.39 Å². The topological polar surface area (TPSA) is 71.1 Å². The number of esters is 1. The van der Waals surface area contributed by atoms with Crippen LogP contribution in [0.15, 0.2) is 12.1 Å². The van der Waals surface area contributed by atoms with Crippen LogP contribution in [0, 0.1) is 11.7 Å². The van der Waals surface area contributed by atoms with Crippen molar-refractivity contribution in [1.82, 2.24) is 0 Å². The minimum Gasteiger partial charge on any atom is -0.489 e. The Bertz CT molecular complexity index is 837. The van der Waals surface area contributed by atoms with Crippen LogP contribution >= 0.6 is 27.3 Å². The Kier molecular flexibility index (Phi) is 8.65. The second kappa shape index (κ2) is 10.7. The number of hydrogen-bond acceptors (Lipinski definition) is 7. The van der Waals surface area contributed by atoms with Crippen molar-refractivity contribution in [3.63, 3.8) is 0 Å². The maximum Gasteiger partial charge on any atom is 0.308 e. The summed E-state index contributed by atoms with van der Waals surface area (Å²) in [5.74, 6) is -1.69. The number of ketones is 1. The molecule has 0 aliphatic carbocycles. The van der Waals surface area contributed by atoms with E-state index in [4.69, 9.17) is 14.2 Å². The fraction of sp³-hybridized carbons (Fsp3) is 0.474. The van der Waals surface area contributed by atoms with E-state index in [0.717, 1.165) is 23.1 Å². The Morgan fingerprint density at radius 3 is 2.64 bits per heavy atom. The molecule has 1 aromatic heterocycles. The average molecular weight is 477 g/mol. The van der Waals surface area contributed by atoms with Crippen LogP contribution in [-0.4, -0.2) is 44.7 Å². The van der Waals surface area contributed by atoms with Crippen molar-refractivity contribution in [2.24, 2.45) is 5.92 Å². The Morgan fingerprint density at radius 2 is 2.00 bits per heavy atom. The lowest BCUT2D eigenvalue weighted by Gasteiger charge is -2.13. The maximum absolute atomic E-state index is 15.0. The molecule has 1 heterocycles. The Hall–Kier alpha value is -1.71. The first kappa shape index (κ1) is 22.6. The molecule has 28 heavy (non-hydrogen) atoms. The maximum atomic E-state index is 15.0. The van der Waals surface area contributed by atoms with Gasteiger partial charge in [-0.3, -0.25) is 9.59 Å². The zero-order valence-electron chi connectivity index (χ0n) is 15.9. The van der Waals surface area contributed by atoms with Gasteiger partial charge in [0.2, 0.25) is 5.75 Å². The normalized spacial score (nSPS) is 12.0. The molecule has 2 aromatic rings. The van der Waals surface area contributed by atoms with Crippen LogP contribution in [-0.2, 0) is 14.3 Å². The molecule has 2 rings (SSSR count). The van der Waals surface area contributed by atoms with Crippen LogP contribution in [0.4, 0.5) is 4.39 Å². The van der Waals surface area contributed by atoms with Crippen LogP contribution in [0.1, 0.15) is 29.4 Å². The van der Waals surface area contributed by atoms with Crippen molar-refractivity contribution in [3.8, 4) is 11.5 Å². The van der Waals surface area contributed by atoms with E-state index in [1.165, 1.54) is 20.3 Å². The van der Waals surface area contributed by atoms with E-state index in [0.29, 0.717) is 16.2 Å². The molecule has 9 heteroatoms. The molecule has 0 N–H and O–H groups in total. The van der Waals surface area contributed by atoms with E-state index >= 15 is 4.39 Å². The average Bonchev–Trinajstić information content (AvgIpc) is 3.11. The predicted molar refractivity (Wildman–Crippen MR) is 108 cm³/mol. The van der Waals surface area contributed by atoms with Crippen LogP contribution in [0.25, 0.3) is 10.1 Å². The van der Waals surface area contributed by atoms with Gasteiger partial charge in [-0.05, 0) is 12.5 Å². The van der Waals surface area contributed by atoms with Gasteiger partial charge in [0.05, 0.1) is 24.5 Å². The van der Waals surface area contributed by atoms with E-state index in [1.54, 1.807) is 13.0 Å². The minimum atomic E-state index is -0.611. The molecule has 0 saturated carbocycles. The molecule has 0 fully saturated rings. The third-order valence-electron chi connectivity index (χ3n) is 3.91. The van der Waals surface area contributed by atoms with Crippen LogP contribution in [0.5, 0.6) is 11.5 Å². The van der Waals surface area contributed by atoms with Gasteiger partial charge in [0.25, 0.3) is 0 Å². The number of benzene rings is 1. The molecule has 6 nitrogen and oxygen atoms in total. The zero-order valence-corrected chi connectivity index (χ0v) is 18.3. The number of halogens is 2. The molecule has 0 unspecified atom stereocenters. The summed E-state index contributed by atoms with van der Waals surface area (Å²) in [5.41, 5.74) is 0. The van der Waals surface area contributed by atoms with Gasteiger partial charge in [-0.15, -0.1) is 11.3 Å². The number of carbonyl (C=O) groups excluding carboxylic acids is 2. The van der Waals surface area contributed by atoms with Gasteiger partial charge in [-0.1, -0.05) is 22.9 Å². The molecule has 0 radical (unpaired) electrons. The number of fused-ring (bicyclic) bond motifs is 1. The highest BCUT2D eigenvalue weighted by atomic mass is 79.9. The third-order valence-corrected chi connectivity index (χ3v) is 5.59. The summed E-state index contributed by atoms with van der Waals surface area (Å²) in [6.45, 7) is 1.86. The van der Waals surface area contributed by atoms with Crippen LogP contribution in [0.3, 0.4) is 0 Å². The van der Waals surface area contributed by atoms with E-state index in [9.17, 15) is 9.59 Å². The highest BCUT2D eigenvalue weighted by Gasteiger charge is 2.23. The number of ether oxygens (including phenoxy) is 4. The fourth-order valence-electron chi connectivity index (χ4n) is 2.50. The minimum absolute atomic E-state index is 0.0112. The first-order valence-electron chi connectivity index (χ1n) is 8.60. The van der Waals surface area contributed by atoms with Crippen molar-refractivity contribution >= 4 is 49.1 Å². The van der Waals surface area contributed by atoms with E-state index in [-0.39, 0.29) is 35.9 Å². The lowest BCUT2D eigenvalue weighted by atomic mass is 10.0. The number of rotatable bonds is 11. The lowest BCUT2D eigenvalue weighted by Crippen LogP contribution is -2.16. The first-order valence-corrected chi connectivity index (χ1v) is 10.5. The molecule has 0 aliphatic rings. The van der Waals surface area contributed by atoms with E-state index < -0.39 is 17.7 Å². The van der Waals surface area contributed by atoms with Gasteiger partial charge in [0.15, 0.2) is 24.1 Å². The summed E-state index contributed by atoms with van der Waals surface area (Å²) in [7, 11) is 2.71. The fourth-order valence-corrected chi connectivity index (χ4v) is 3.76. The van der Waals surface area contributed by atoms with Crippen molar-refractivity contribution in [1.29, 1.82) is 0 Å². The Balaban J connectivity index is 2.36. The van der Waals surface area contributed by atoms with Gasteiger partial charge in [0, 0.05) is 35.0 Å². The number of carbonyl (C=O) groups is 2. The summed E-state index contributed by atoms with van der Waals surface area (Å²) in [6.07, 6.45) is 0.728. The van der Waals surface area contributed by atoms with Gasteiger partial charge < -0.3 is 18.9 Å². The highest BCUT2D eigenvalue weighted by molar-refractivity contribution is 9.09.